The summed E-state index contributed by atoms with van der Waals surface area (Å²) in [5.74, 6) is 0.466. The summed E-state index contributed by atoms with van der Waals surface area (Å²) in [6.45, 7) is 5.80. The summed E-state index contributed by atoms with van der Waals surface area (Å²) in [7, 11) is 0. The fourth-order valence-electron chi connectivity index (χ4n) is 4.42. The van der Waals surface area contributed by atoms with Gasteiger partial charge in [0.1, 0.15) is 0 Å². The number of anilines is 2. The van der Waals surface area contributed by atoms with Crippen molar-refractivity contribution in [2.75, 3.05) is 24.5 Å². The summed E-state index contributed by atoms with van der Waals surface area (Å²) in [5, 5.41) is 6.55. The Kier molecular flexibility index (Phi) is 6.63. The van der Waals surface area contributed by atoms with Gasteiger partial charge >= 0.3 is 0 Å². The van der Waals surface area contributed by atoms with Crippen LogP contribution < -0.4 is 15.5 Å². The van der Waals surface area contributed by atoms with Crippen molar-refractivity contribution in [3.63, 3.8) is 0 Å². The molecule has 2 aromatic carbocycles. The number of piperidine rings is 1. The maximum atomic E-state index is 12.5. The van der Waals surface area contributed by atoms with E-state index in [0.29, 0.717) is 12.0 Å². The van der Waals surface area contributed by atoms with Gasteiger partial charge in [0, 0.05) is 30.4 Å². The highest BCUT2D eigenvalue weighted by molar-refractivity contribution is 5.85. The summed E-state index contributed by atoms with van der Waals surface area (Å²) in [6.07, 6.45) is 3.36. The van der Waals surface area contributed by atoms with Crippen LogP contribution in [0.25, 0.3) is 0 Å². The van der Waals surface area contributed by atoms with Crippen LogP contribution in [-0.4, -0.2) is 25.5 Å². The second-order valence-corrected chi connectivity index (χ2v) is 7.83. The highest BCUT2D eigenvalue weighted by Gasteiger charge is 2.57. The minimum absolute atomic E-state index is 0. The van der Waals surface area contributed by atoms with E-state index in [1.54, 1.807) is 0 Å². The van der Waals surface area contributed by atoms with Crippen molar-refractivity contribution in [2.45, 2.75) is 32.7 Å². The largest absolute Gasteiger partial charge is 0.352 e. The van der Waals surface area contributed by atoms with Gasteiger partial charge in [-0.1, -0.05) is 30.3 Å². The number of carbonyl (C=O) groups excluding carboxylic acids is 1. The number of nitrogens with zero attached hydrogens (tertiary/aromatic N) is 1. The molecule has 0 radical (unpaired) electrons. The first-order valence-electron chi connectivity index (χ1n) is 10.1. The molecule has 28 heavy (non-hydrogen) atoms. The van der Waals surface area contributed by atoms with Crippen LogP contribution >= 0.6 is 12.4 Å². The Morgan fingerprint density at radius 2 is 1.71 bits per heavy atom. The number of hydrogen-bond acceptors (Lipinski definition) is 3. The number of amides is 1. The summed E-state index contributed by atoms with van der Waals surface area (Å²) in [6, 6.07) is 18.9. The van der Waals surface area contributed by atoms with Crippen LogP contribution in [0.1, 0.15) is 31.7 Å². The smallest absolute Gasteiger partial charge is 0.223 e. The lowest BCUT2D eigenvalue weighted by Gasteiger charge is -2.24. The highest BCUT2D eigenvalue weighted by atomic mass is 35.5. The van der Waals surface area contributed by atoms with Crippen molar-refractivity contribution in [2.24, 2.45) is 11.3 Å². The van der Waals surface area contributed by atoms with Crippen LogP contribution in [-0.2, 0) is 11.3 Å². The van der Waals surface area contributed by atoms with Gasteiger partial charge in [0.15, 0.2) is 0 Å². The first kappa shape index (κ1) is 20.7. The van der Waals surface area contributed by atoms with E-state index in [1.807, 2.05) is 6.07 Å². The monoisotopic (exact) mass is 399 g/mol. The normalized spacial score (nSPS) is 19.5. The average Bonchev–Trinajstić information content (AvgIpc) is 3.42. The standard InChI is InChI=1S/C23H29N3O.ClH/c1-2-26(19-6-4-3-5-7-19)20-10-8-18(9-11-20)17-25-22(27)21-16-23(21)12-14-24-15-13-23;/h3-11,21,24H,2,12-17H2,1H3,(H,25,27);1H. The van der Waals surface area contributed by atoms with Gasteiger partial charge in [-0.2, -0.15) is 0 Å². The fraction of sp³-hybridized carbons (Fsp3) is 0.435. The van der Waals surface area contributed by atoms with Crippen LogP contribution in [0.3, 0.4) is 0 Å². The Balaban J connectivity index is 0.00000225. The number of nitrogens with one attached hydrogen (secondary N) is 2. The van der Waals surface area contributed by atoms with E-state index in [-0.39, 0.29) is 24.2 Å². The molecule has 1 spiro atoms. The molecule has 5 heteroatoms. The molecule has 2 fully saturated rings. The van der Waals surface area contributed by atoms with Crippen LogP contribution in [0.2, 0.25) is 0 Å². The third-order valence-electron chi connectivity index (χ3n) is 6.20. The van der Waals surface area contributed by atoms with Crippen LogP contribution in [0, 0.1) is 11.3 Å². The van der Waals surface area contributed by atoms with Gasteiger partial charge in [0.25, 0.3) is 0 Å². The Hall–Kier alpha value is -2.04. The average molecular weight is 400 g/mol. The molecular weight excluding hydrogens is 370 g/mol. The molecule has 1 saturated carbocycles. The topological polar surface area (TPSA) is 44.4 Å². The molecule has 4 nitrogen and oxygen atoms in total. The third-order valence-corrected chi connectivity index (χ3v) is 6.20. The van der Waals surface area contributed by atoms with Crippen LogP contribution in [0.15, 0.2) is 54.6 Å². The maximum Gasteiger partial charge on any atom is 0.223 e. The third kappa shape index (κ3) is 4.34. The number of rotatable bonds is 6. The van der Waals surface area contributed by atoms with Crippen molar-refractivity contribution >= 4 is 29.7 Å². The molecule has 2 N–H and O–H groups in total. The Labute approximate surface area is 174 Å². The molecule has 150 valence electrons. The van der Waals surface area contributed by atoms with Crippen LogP contribution in [0.5, 0.6) is 0 Å². The molecule has 1 atom stereocenters. The minimum atomic E-state index is 0. The Morgan fingerprint density at radius 3 is 2.36 bits per heavy atom. The minimum Gasteiger partial charge on any atom is -0.352 e. The molecule has 2 aromatic rings. The van der Waals surface area contributed by atoms with Crippen molar-refractivity contribution in [1.82, 2.24) is 10.6 Å². The van der Waals surface area contributed by atoms with E-state index in [1.165, 1.54) is 11.4 Å². The van der Waals surface area contributed by atoms with E-state index < -0.39 is 0 Å². The second-order valence-electron chi connectivity index (χ2n) is 7.83. The van der Waals surface area contributed by atoms with Gasteiger partial charge in [-0.15, -0.1) is 12.4 Å². The first-order valence-corrected chi connectivity index (χ1v) is 10.1. The molecule has 0 aromatic heterocycles. The van der Waals surface area contributed by atoms with Crippen molar-refractivity contribution in [1.29, 1.82) is 0 Å². The summed E-state index contributed by atoms with van der Waals surface area (Å²) < 4.78 is 0. The van der Waals surface area contributed by atoms with Gasteiger partial charge < -0.3 is 15.5 Å². The maximum absolute atomic E-state index is 12.5. The summed E-state index contributed by atoms with van der Waals surface area (Å²) in [5.41, 5.74) is 3.82. The van der Waals surface area contributed by atoms with Gasteiger partial charge in [-0.05, 0) is 74.5 Å². The summed E-state index contributed by atoms with van der Waals surface area (Å²) >= 11 is 0. The molecule has 1 saturated heterocycles. The molecule has 1 unspecified atom stereocenters. The number of para-hydroxylation sites is 1. The van der Waals surface area contributed by atoms with Gasteiger partial charge in [0.2, 0.25) is 5.91 Å². The molecule has 2 aliphatic rings. The number of carbonyl (C=O) groups is 1. The van der Waals surface area contributed by atoms with Gasteiger partial charge in [0.05, 0.1) is 0 Å². The van der Waals surface area contributed by atoms with E-state index in [2.05, 4.69) is 71.0 Å². The molecule has 1 amide bonds. The van der Waals surface area contributed by atoms with E-state index >= 15 is 0 Å². The highest BCUT2D eigenvalue weighted by Crippen LogP contribution is 2.58. The zero-order valence-electron chi connectivity index (χ0n) is 16.5. The lowest BCUT2D eigenvalue weighted by atomic mass is 9.92. The number of hydrogen-bond donors (Lipinski definition) is 2. The zero-order chi connectivity index (χ0) is 18.7. The van der Waals surface area contributed by atoms with E-state index in [9.17, 15) is 4.79 Å². The predicted molar refractivity (Wildman–Crippen MR) is 117 cm³/mol. The van der Waals surface area contributed by atoms with Gasteiger partial charge in [-0.25, -0.2) is 0 Å². The Morgan fingerprint density at radius 1 is 1.07 bits per heavy atom. The van der Waals surface area contributed by atoms with Crippen molar-refractivity contribution in [3.8, 4) is 0 Å². The molecule has 4 rings (SSSR count). The molecular formula is C23H30ClN3O. The molecule has 1 heterocycles. The van der Waals surface area contributed by atoms with E-state index in [4.69, 9.17) is 0 Å². The SMILES string of the molecule is CCN(c1ccccc1)c1ccc(CNC(=O)C2CC23CCNCC3)cc1.Cl. The lowest BCUT2D eigenvalue weighted by Crippen LogP contribution is -2.33. The number of halogens is 1. The first-order chi connectivity index (χ1) is 13.2. The van der Waals surface area contributed by atoms with Gasteiger partial charge in [-0.3, -0.25) is 4.79 Å². The lowest BCUT2D eigenvalue weighted by molar-refractivity contribution is -0.123. The van der Waals surface area contributed by atoms with E-state index in [0.717, 1.165) is 44.5 Å². The summed E-state index contributed by atoms with van der Waals surface area (Å²) in [4.78, 5) is 14.8. The second kappa shape index (κ2) is 8.97. The van der Waals surface area contributed by atoms with Crippen molar-refractivity contribution < 1.29 is 4.79 Å². The fourth-order valence-corrected chi connectivity index (χ4v) is 4.42. The predicted octanol–water partition coefficient (Wildman–Crippen LogP) is 4.27. The van der Waals surface area contributed by atoms with Crippen LogP contribution in [0.4, 0.5) is 11.4 Å². The van der Waals surface area contributed by atoms with Crippen molar-refractivity contribution in [3.05, 3.63) is 60.2 Å². The number of benzene rings is 2. The Bertz CT molecular complexity index is 772. The molecule has 1 aliphatic heterocycles. The zero-order valence-corrected chi connectivity index (χ0v) is 17.3. The molecule has 0 bridgehead atoms. The molecule has 1 aliphatic carbocycles. The quantitative estimate of drug-likeness (QED) is 0.762.